The summed E-state index contributed by atoms with van der Waals surface area (Å²) in [4.78, 5) is 36.3. The maximum Gasteiger partial charge on any atom is 0.278 e. The van der Waals surface area contributed by atoms with Gasteiger partial charge in [0.25, 0.3) is 5.56 Å². The topological polar surface area (TPSA) is 156 Å². The number of nitrogens with two attached hydrogens (primary N) is 1. The summed E-state index contributed by atoms with van der Waals surface area (Å²) in [5.41, 5.74) is 7.60. The van der Waals surface area contributed by atoms with Gasteiger partial charge in [0.05, 0.1) is 19.3 Å². The number of anilines is 3. The van der Waals surface area contributed by atoms with Crippen LogP contribution < -0.4 is 31.6 Å². The quantitative estimate of drug-likeness (QED) is 0.141. The number of ether oxygens (including phenoxy) is 1. The van der Waals surface area contributed by atoms with Crippen molar-refractivity contribution in [3.8, 4) is 5.75 Å². The van der Waals surface area contributed by atoms with Crippen LogP contribution in [0.1, 0.15) is 26.7 Å². The first-order valence-electron chi connectivity index (χ1n) is 12.8. The molecular formula is C27H35N9O3. The summed E-state index contributed by atoms with van der Waals surface area (Å²) in [6.45, 7) is 9.27. The van der Waals surface area contributed by atoms with Crippen LogP contribution in [0.2, 0.25) is 0 Å². The van der Waals surface area contributed by atoms with Gasteiger partial charge in [0.15, 0.2) is 5.65 Å². The highest BCUT2D eigenvalue weighted by Gasteiger charge is 2.20. The van der Waals surface area contributed by atoms with Crippen LogP contribution in [0.4, 0.5) is 17.3 Å². The molecule has 39 heavy (non-hydrogen) atoms. The Hall–Kier alpha value is -4.45. The summed E-state index contributed by atoms with van der Waals surface area (Å²) >= 11 is 0. The Labute approximate surface area is 226 Å². The van der Waals surface area contributed by atoms with Crippen molar-refractivity contribution in [2.24, 2.45) is 5.73 Å². The Morgan fingerprint density at radius 3 is 2.72 bits per heavy atom. The number of carbonyl (C=O) groups is 1. The van der Waals surface area contributed by atoms with Gasteiger partial charge < -0.3 is 26.0 Å². The van der Waals surface area contributed by atoms with Crippen LogP contribution in [0, 0.1) is 5.41 Å². The molecule has 1 saturated heterocycles. The van der Waals surface area contributed by atoms with Crippen LogP contribution in [0.3, 0.4) is 0 Å². The van der Waals surface area contributed by atoms with Crippen molar-refractivity contribution in [2.45, 2.75) is 45.3 Å². The number of aromatic nitrogens is 4. The number of benzene rings is 1. The molecule has 1 aromatic carbocycles. The van der Waals surface area contributed by atoms with Crippen molar-refractivity contribution >= 4 is 40.1 Å². The highest BCUT2D eigenvalue weighted by molar-refractivity contribution is 6.01. The van der Waals surface area contributed by atoms with E-state index < -0.39 is 0 Å². The minimum Gasteiger partial charge on any atom is -0.495 e. The summed E-state index contributed by atoms with van der Waals surface area (Å²) < 4.78 is 8.33. The number of nitrogens with one attached hydrogen (secondary N) is 3. The minimum absolute atomic E-state index is 0.0464. The van der Waals surface area contributed by atoms with Gasteiger partial charge in [-0.2, -0.15) is 4.98 Å². The zero-order valence-corrected chi connectivity index (χ0v) is 22.5. The van der Waals surface area contributed by atoms with Crippen molar-refractivity contribution in [1.82, 2.24) is 24.6 Å². The van der Waals surface area contributed by atoms with Gasteiger partial charge in [0.1, 0.15) is 17.0 Å². The van der Waals surface area contributed by atoms with E-state index in [2.05, 4.69) is 32.1 Å². The van der Waals surface area contributed by atoms with Crippen LogP contribution in [0.15, 0.2) is 54.0 Å². The summed E-state index contributed by atoms with van der Waals surface area (Å²) in [6, 6.07) is 5.94. The monoisotopic (exact) mass is 533 g/mol. The molecule has 0 unspecified atom stereocenters. The van der Waals surface area contributed by atoms with Crippen LogP contribution in [-0.2, 0) is 11.3 Å². The van der Waals surface area contributed by atoms with Gasteiger partial charge in [-0.1, -0.05) is 6.08 Å². The third-order valence-electron chi connectivity index (χ3n) is 6.35. The number of allylic oxidation sites excluding steroid dienone is 2. The number of fused-ring (bicyclic) bond motifs is 1. The number of amides is 1. The van der Waals surface area contributed by atoms with Gasteiger partial charge in [-0.3, -0.25) is 15.0 Å². The van der Waals surface area contributed by atoms with Crippen molar-refractivity contribution in [1.29, 1.82) is 5.41 Å². The summed E-state index contributed by atoms with van der Waals surface area (Å²) in [7, 11) is 1.63. The lowest BCUT2D eigenvalue weighted by Gasteiger charge is -2.33. The van der Waals surface area contributed by atoms with Gasteiger partial charge in [-0.25, -0.2) is 14.3 Å². The maximum absolute atomic E-state index is 13.1. The number of piperidine rings is 1. The molecule has 0 atom stereocenters. The van der Waals surface area contributed by atoms with E-state index in [0.29, 0.717) is 11.4 Å². The number of nitrogens with zero attached hydrogens (tertiary/aromatic N) is 5. The van der Waals surface area contributed by atoms with E-state index in [0.717, 1.165) is 31.6 Å². The molecule has 5 N–H and O–H groups in total. The molecule has 0 aliphatic carbocycles. The molecule has 0 bridgehead atoms. The van der Waals surface area contributed by atoms with Gasteiger partial charge in [0, 0.05) is 49.2 Å². The normalized spacial score (nSPS) is 14.2. The molecule has 4 rings (SSSR count). The average Bonchev–Trinajstić information content (AvgIpc) is 3.18. The standard InChI is InChI=1S/C27H35N9O3/c1-5-12-35-26(38)20-16-30-27(33-25(20)36(35)23(29)8-9-24(37)31-17(2)3)32-19-6-7-21(22(15-19)39-4)34-13-10-18(28)11-14-34/h5-9,15-18,29H,1,10-14,28H2,2-4H3,(H,31,37)(H,30,32,33)/b9-8-,29-23?. The van der Waals surface area contributed by atoms with E-state index in [4.69, 9.17) is 15.9 Å². The number of hydrogen-bond donors (Lipinski definition) is 4. The number of carbonyl (C=O) groups excluding carboxylic acids is 1. The predicted molar refractivity (Wildman–Crippen MR) is 153 cm³/mol. The van der Waals surface area contributed by atoms with Gasteiger partial charge in [0.2, 0.25) is 11.9 Å². The van der Waals surface area contributed by atoms with E-state index in [1.54, 1.807) is 13.2 Å². The average molecular weight is 534 g/mol. The zero-order chi connectivity index (χ0) is 28.1. The molecule has 12 heteroatoms. The Morgan fingerprint density at radius 2 is 2.05 bits per heavy atom. The zero-order valence-electron chi connectivity index (χ0n) is 22.5. The first-order valence-corrected chi connectivity index (χ1v) is 12.8. The molecule has 1 aliphatic rings. The largest absolute Gasteiger partial charge is 0.495 e. The highest BCUT2D eigenvalue weighted by Crippen LogP contribution is 2.33. The summed E-state index contributed by atoms with van der Waals surface area (Å²) in [5, 5.41) is 14.7. The molecule has 12 nitrogen and oxygen atoms in total. The Balaban J connectivity index is 1.65. The first kappa shape index (κ1) is 27.6. The van der Waals surface area contributed by atoms with Crippen molar-refractivity contribution in [2.75, 3.05) is 30.4 Å². The van der Waals surface area contributed by atoms with Crippen LogP contribution in [0.5, 0.6) is 5.75 Å². The van der Waals surface area contributed by atoms with Gasteiger partial charge in [-0.15, -0.1) is 6.58 Å². The fraction of sp³-hybridized carbons (Fsp3) is 0.370. The number of methoxy groups -OCH3 is 1. The second kappa shape index (κ2) is 11.9. The number of rotatable bonds is 9. The second-order valence-electron chi connectivity index (χ2n) is 9.64. The minimum atomic E-state index is -0.367. The summed E-state index contributed by atoms with van der Waals surface area (Å²) in [5.74, 6) is 0.489. The van der Waals surface area contributed by atoms with Crippen LogP contribution in [-0.4, -0.2) is 63.4 Å². The van der Waals surface area contributed by atoms with Gasteiger partial charge >= 0.3 is 0 Å². The van der Waals surface area contributed by atoms with E-state index in [1.807, 2.05) is 32.0 Å². The molecule has 3 heterocycles. The fourth-order valence-corrected chi connectivity index (χ4v) is 4.46. The van der Waals surface area contributed by atoms with Crippen molar-refractivity contribution in [3.05, 3.63) is 59.6 Å². The Bertz CT molecular complexity index is 1460. The fourth-order valence-electron chi connectivity index (χ4n) is 4.46. The molecule has 1 fully saturated rings. The third kappa shape index (κ3) is 6.17. The molecule has 0 radical (unpaired) electrons. The molecule has 3 aromatic rings. The third-order valence-corrected chi connectivity index (χ3v) is 6.35. The van der Waals surface area contributed by atoms with Crippen molar-refractivity contribution in [3.63, 3.8) is 0 Å². The Kier molecular flexibility index (Phi) is 8.45. The lowest BCUT2D eigenvalue weighted by atomic mass is 10.1. The van der Waals surface area contributed by atoms with Gasteiger partial charge in [-0.05, 0) is 44.9 Å². The maximum atomic E-state index is 13.1. The molecule has 2 aromatic heterocycles. The molecule has 0 spiro atoms. The van der Waals surface area contributed by atoms with Crippen molar-refractivity contribution < 1.29 is 9.53 Å². The molecular weight excluding hydrogens is 498 g/mol. The SMILES string of the molecule is C=CCn1c(=O)c2cnc(Nc3ccc(N4CCC(N)CC4)c(OC)c3)nc2n1C(=N)/C=C\C(=O)NC(C)C. The molecule has 206 valence electrons. The van der Waals surface area contributed by atoms with E-state index in [-0.39, 0.29) is 52.9 Å². The molecule has 1 aliphatic heterocycles. The molecule has 1 amide bonds. The second-order valence-corrected chi connectivity index (χ2v) is 9.64. The number of hydrogen-bond acceptors (Lipinski definition) is 9. The lowest BCUT2D eigenvalue weighted by Crippen LogP contribution is -2.39. The van der Waals surface area contributed by atoms with E-state index in [1.165, 1.54) is 27.7 Å². The predicted octanol–water partition coefficient (Wildman–Crippen LogP) is 2.36. The van der Waals surface area contributed by atoms with Crippen LogP contribution in [0.25, 0.3) is 11.0 Å². The highest BCUT2D eigenvalue weighted by atomic mass is 16.5. The lowest BCUT2D eigenvalue weighted by molar-refractivity contribution is -0.116. The first-order chi connectivity index (χ1) is 18.7. The Morgan fingerprint density at radius 1 is 1.31 bits per heavy atom. The van der Waals surface area contributed by atoms with Crippen LogP contribution >= 0.6 is 0 Å². The smallest absolute Gasteiger partial charge is 0.278 e. The van der Waals surface area contributed by atoms with E-state index >= 15 is 0 Å². The van der Waals surface area contributed by atoms with E-state index in [9.17, 15) is 9.59 Å². The molecule has 0 saturated carbocycles. The summed E-state index contributed by atoms with van der Waals surface area (Å²) in [6.07, 6.45) is 7.40.